The minimum absolute atomic E-state index is 0. The first-order chi connectivity index (χ1) is 13.2. The lowest BCUT2D eigenvalue weighted by Crippen LogP contribution is -2.56. The van der Waals surface area contributed by atoms with Gasteiger partial charge in [0, 0.05) is 25.5 Å². The predicted octanol–water partition coefficient (Wildman–Crippen LogP) is 1.08. The van der Waals surface area contributed by atoms with Gasteiger partial charge in [0.2, 0.25) is 11.8 Å². The molecule has 7 nitrogen and oxygen atoms in total. The first-order valence-corrected chi connectivity index (χ1v) is 9.53. The van der Waals surface area contributed by atoms with Crippen molar-refractivity contribution in [3.05, 3.63) is 53.9 Å². The molecule has 2 aliphatic rings. The maximum absolute atomic E-state index is 13.0. The van der Waals surface area contributed by atoms with Gasteiger partial charge in [0.1, 0.15) is 5.54 Å². The number of carbonyl (C=O) groups excluding carboxylic acids is 2. The minimum Gasteiger partial charge on any atom is -0.345 e. The summed E-state index contributed by atoms with van der Waals surface area (Å²) in [6, 6.07) is 10.0. The van der Waals surface area contributed by atoms with Crippen LogP contribution in [-0.4, -0.2) is 52.7 Å². The summed E-state index contributed by atoms with van der Waals surface area (Å²) >= 11 is 0. The number of rotatable bonds is 4. The molecular formula is C20H26ClN5O2. The summed E-state index contributed by atoms with van der Waals surface area (Å²) < 4.78 is 1.74. The Morgan fingerprint density at radius 2 is 1.89 bits per heavy atom. The van der Waals surface area contributed by atoms with Gasteiger partial charge in [0.15, 0.2) is 0 Å². The summed E-state index contributed by atoms with van der Waals surface area (Å²) in [6.45, 7) is 2.84. The number of halogens is 1. The molecule has 2 N–H and O–H groups in total. The summed E-state index contributed by atoms with van der Waals surface area (Å²) in [5.41, 5.74) is 1.77. The number of nitrogens with zero attached hydrogens (tertiary/aromatic N) is 3. The van der Waals surface area contributed by atoms with E-state index in [0.29, 0.717) is 25.9 Å². The zero-order valence-electron chi connectivity index (χ0n) is 15.8. The van der Waals surface area contributed by atoms with Gasteiger partial charge in [0.05, 0.1) is 6.54 Å². The van der Waals surface area contributed by atoms with Gasteiger partial charge in [-0.1, -0.05) is 24.3 Å². The van der Waals surface area contributed by atoms with Crippen molar-refractivity contribution in [2.75, 3.05) is 26.2 Å². The number of hydrogen-bond donors (Lipinski definition) is 2. The first kappa shape index (κ1) is 20.4. The zero-order valence-corrected chi connectivity index (χ0v) is 16.6. The van der Waals surface area contributed by atoms with E-state index in [1.165, 1.54) is 11.1 Å². The summed E-state index contributed by atoms with van der Waals surface area (Å²) in [4.78, 5) is 27.5. The molecule has 0 saturated carbocycles. The monoisotopic (exact) mass is 403 g/mol. The molecule has 0 bridgehead atoms. The van der Waals surface area contributed by atoms with Gasteiger partial charge >= 0.3 is 0 Å². The van der Waals surface area contributed by atoms with E-state index in [0.717, 1.165) is 19.5 Å². The van der Waals surface area contributed by atoms with Crippen molar-refractivity contribution in [2.24, 2.45) is 0 Å². The maximum Gasteiger partial charge on any atom is 0.248 e. The average molecular weight is 404 g/mol. The molecule has 2 amide bonds. The number of aromatic nitrogens is 2. The van der Waals surface area contributed by atoms with Gasteiger partial charge in [-0.2, -0.15) is 5.10 Å². The fraction of sp³-hybridized carbons (Fsp3) is 0.450. The lowest BCUT2D eigenvalue weighted by atomic mass is 9.87. The number of hydrogen-bond acceptors (Lipinski definition) is 4. The highest BCUT2D eigenvalue weighted by molar-refractivity contribution is 5.89. The molecule has 2 aromatic rings. The van der Waals surface area contributed by atoms with Crippen molar-refractivity contribution in [3.63, 3.8) is 0 Å². The third kappa shape index (κ3) is 3.91. The first-order valence-electron chi connectivity index (χ1n) is 9.53. The molecule has 8 heteroatoms. The summed E-state index contributed by atoms with van der Waals surface area (Å²) in [5, 5.41) is 10.5. The second-order valence-electron chi connectivity index (χ2n) is 7.25. The molecular weight excluding hydrogens is 378 g/mol. The highest BCUT2D eigenvalue weighted by Gasteiger charge is 2.42. The van der Waals surface area contributed by atoms with E-state index in [9.17, 15) is 9.59 Å². The van der Waals surface area contributed by atoms with Crippen molar-refractivity contribution in [1.82, 2.24) is 25.3 Å². The third-order valence-corrected chi connectivity index (χ3v) is 5.68. The lowest BCUT2D eigenvalue weighted by Gasteiger charge is -2.36. The van der Waals surface area contributed by atoms with Gasteiger partial charge in [-0.15, -0.1) is 12.4 Å². The normalized spacial score (nSPS) is 17.9. The Balaban J connectivity index is 0.00000225. The quantitative estimate of drug-likeness (QED) is 0.800. The minimum atomic E-state index is -0.719. The zero-order chi connectivity index (χ0) is 18.7. The number of benzene rings is 1. The van der Waals surface area contributed by atoms with Crippen LogP contribution >= 0.6 is 12.4 Å². The van der Waals surface area contributed by atoms with Crippen molar-refractivity contribution in [3.8, 4) is 0 Å². The maximum atomic E-state index is 13.0. The van der Waals surface area contributed by atoms with Crippen LogP contribution in [0.25, 0.3) is 0 Å². The van der Waals surface area contributed by atoms with E-state index < -0.39 is 5.54 Å². The average Bonchev–Trinajstić information content (AvgIpc) is 3.27. The molecule has 3 heterocycles. The molecule has 0 unspecified atom stereocenters. The third-order valence-electron chi connectivity index (χ3n) is 5.68. The van der Waals surface area contributed by atoms with Gasteiger partial charge in [0.25, 0.3) is 0 Å². The molecule has 0 spiro atoms. The summed E-state index contributed by atoms with van der Waals surface area (Å²) in [7, 11) is 0. The molecule has 4 rings (SSSR count). The molecule has 28 heavy (non-hydrogen) atoms. The van der Waals surface area contributed by atoms with Crippen LogP contribution in [0.3, 0.4) is 0 Å². The second kappa shape index (κ2) is 8.75. The molecule has 150 valence electrons. The van der Waals surface area contributed by atoms with E-state index >= 15 is 0 Å². The van der Waals surface area contributed by atoms with Crippen LogP contribution in [0.1, 0.15) is 24.0 Å². The van der Waals surface area contributed by atoms with Crippen molar-refractivity contribution < 1.29 is 9.59 Å². The van der Waals surface area contributed by atoms with E-state index in [1.807, 2.05) is 29.3 Å². The number of nitrogens with one attached hydrogen (secondary N) is 2. The molecule has 0 radical (unpaired) electrons. The Morgan fingerprint density at radius 1 is 1.14 bits per heavy atom. The molecule has 0 atom stereocenters. The van der Waals surface area contributed by atoms with Gasteiger partial charge in [-0.25, -0.2) is 0 Å². The van der Waals surface area contributed by atoms with Crippen LogP contribution in [0.5, 0.6) is 0 Å². The molecule has 2 aliphatic heterocycles. The standard InChI is InChI=1S/C20H25N5O2.ClH/c26-18(24-13-6-16-4-1-2-5-17(16)15-24)14-22-19(27)20(7-10-21-11-8-20)25-12-3-9-23-25;/h1-5,9,12,21H,6-8,10-11,13-15H2,(H,22,27);1H. The van der Waals surface area contributed by atoms with Crippen LogP contribution in [0.2, 0.25) is 0 Å². The SMILES string of the molecule is Cl.O=C(CNC(=O)C1(n2cccn2)CCNCC1)N1CCc2ccccc2C1. The predicted molar refractivity (Wildman–Crippen MR) is 108 cm³/mol. The van der Waals surface area contributed by atoms with Crippen LogP contribution in [0.4, 0.5) is 0 Å². The largest absolute Gasteiger partial charge is 0.345 e. The molecule has 1 aromatic carbocycles. The van der Waals surface area contributed by atoms with Crippen LogP contribution in [0, 0.1) is 0 Å². The topological polar surface area (TPSA) is 79.3 Å². The Kier molecular flexibility index (Phi) is 6.36. The summed E-state index contributed by atoms with van der Waals surface area (Å²) in [6.07, 6.45) is 5.69. The van der Waals surface area contributed by atoms with Crippen molar-refractivity contribution >= 4 is 24.2 Å². The van der Waals surface area contributed by atoms with Crippen LogP contribution in [-0.2, 0) is 28.1 Å². The second-order valence-corrected chi connectivity index (χ2v) is 7.25. The molecule has 1 aromatic heterocycles. The number of piperidine rings is 1. The fourth-order valence-electron chi connectivity index (χ4n) is 4.06. The van der Waals surface area contributed by atoms with Gasteiger partial charge in [-0.3, -0.25) is 14.3 Å². The van der Waals surface area contributed by atoms with E-state index in [1.54, 1.807) is 10.9 Å². The number of fused-ring (bicyclic) bond motifs is 1. The number of carbonyl (C=O) groups is 2. The Labute approximate surface area is 170 Å². The highest BCUT2D eigenvalue weighted by atomic mass is 35.5. The van der Waals surface area contributed by atoms with Gasteiger partial charge in [-0.05, 0) is 49.5 Å². The van der Waals surface area contributed by atoms with Crippen molar-refractivity contribution in [2.45, 2.75) is 31.3 Å². The van der Waals surface area contributed by atoms with E-state index in [2.05, 4.69) is 27.9 Å². The highest BCUT2D eigenvalue weighted by Crippen LogP contribution is 2.27. The smallest absolute Gasteiger partial charge is 0.248 e. The van der Waals surface area contributed by atoms with Gasteiger partial charge < -0.3 is 15.5 Å². The van der Waals surface area contributed by atoms with Crippen LogP contribution in [0.15, 0.2) is 42.7 Å². The van der Waals surface area contributed by atoms with Crippen LogP contribution < -0.4 is 10.6 Å². The summed E-state index contributed by atoms with van der Waals surface area (Å²) in [5.74, 6) is -0.166. The molecule has 1 saturated heterocycles. The van der Waals surface area contributed by atoms with Crippen molar-refractivity contribution in [1.29, 1.82) is 0 Å². The molecule has 1 fully saturated rings. The Bertz CT molecular complexity index is 818. The Hall–Kier alpha value is -2.38. The van der Waals surface area contributed by atoms with E-state index in [4.69, 9.17) is 0 Å². The molecule has 0 aliphatic carbocycles. The van der Waals surface area contributed by atoms with E-state index in [-0.39, 0.29) is 30.8 Å². The fourth-order valence-corrected chi connectivity index (χ4v) is 4.06. The Morgan fingerprint density at radius 3 is 2.61 bits per heavy atom. The lowest BCUT2D eigenvalue weighted by molar-refractivity contribution is -0.137. The number of amides is 2.